The highest BCUT2D eigenvalue weighted by atomic mass is 32.2. The van der Waals surface area contributed by atoms with Crippen molar-refractivity contribution >= 4 is 15.7 Å². The lowest BCUT2D eigenvalue weighted by Crippen LogP contribution is -2.26. The maximum Gasteiger partial charge on any atom is 0.235 e. The molecule has 5 heteroatoms. The lowest BCUT2D eigenvalue weighted by atomic mass is 10.2. The van der Waals surface area contributed by atoms with Gasteiger partial charge < -0.3 is 5.32 Å². The molecule has 2 rings (SSSR count). The van der Waals surface area contributed by atoms with Gasteiger partial charge in [0, 0.05) is 6.54 Å². The molecule has 0 heterocycles. The van der Waals surface area contributed by atoms with E-state index in [-0.39, 0.29) is 5.25 Å². The fourth-order valence-corrected chi connectivity index (χ4v) is 4.10. The standard InChI is InChI=1S/C14H22N2O2S/c1-2-15-11-12-7-3-6-10-14(12)16-19(17,18)13-8-4-5-9-13/h3,6-7,10,13,15-16H,2,4-5,8-9,11H2,1H3. The SMILES string of the molecule is CCNCc1ccccc1NS(=O)(=O)C1CCCC1. The highest BCUT2D eigenvalue weighted by Crippen LogP contribution is 2.27. The van der Waals surface area contributed by atoms with Crippen molar-refractivity contribution in [2.24, 2.45) is 0 Å². The minimum absolute atomic E-state index is 0.223. The van der Waals surface area contributed by atoms with Crippen LogP contribution in [-0.4, -0.2) is 20.2 Å². The van der Waals surface area contributed by atoms with Crippen LogP contribution in [-0.2, 0) is 16.6 Å². The van der Waals surface area contributed by atoms with Gasteiger partial charge in [0.2, 0.25) is 10.0 Å². The van der Waals surface area contributed by atoms with E-state index in [9.17, 15) is 8.42 Å². The Labute approximate surface area is 115 Å². The average Bonchev–Trinajstić information content (AvgIpc) is 2.92. The van der Waals surface area contributed by atoms with Crippen LogP contribution in [0.3, 0.4) is 0 Å². The molecule has 1 aromatic carbocycles. The maximum atomic E-state index is 12.3. The van der Waals surface area contributed by atoms with Crippen molar-refractivity contribution in [1.82, 2.24) is 5.32 Å². The molecule has 0 aliphatic heterocycles. The van der Waals surface area contributed by atoms with Gasteiger partial charge in [-0.2, -0.15) is 0 Å². The Morgan fingerprint density at radius 3 is 2.58 bits per heavy atom. The minimum atomic E-state index is -3.24. The zero-order valence-corrected chi connectivity index (χ0v) is 12.2. The van der Waals surface area contributed by atoms with Crippen molar-refractivity contribution < 1.29 is 8.42 Å². The molecule has 1 fully saturated rings. The molecule has 0 atom stereocenters. The molecule has 2 N–H and O–H groups in total. The molecule has 0 radical (unpaired) electrons. The van der Waals surface area contributed by atoms with Crippen LogP contribution >= 0.6 is 0 Å². The molecule has 0 saturated heterocycles. The third-order valence-electron chi connectivity index (χ3n) is 3.58. The second-order valence-corrected chi connectivity index (χ2v) is 6.95. The van der Waals surface area contributed by atoms with Gasteiger partial charge in [-0.1, -0.05) is 38.0 Å². The van der Waals surface area contributed by atoms with Gasteiger partial charge in [-0.3, -0.25) is 4.72 Å². The lowest BCUT2D eigenvalue weighted by Gasteiger charge is -2.16. The van der Waals surface area contributed by atoms with Crippen molar-refractivity contribution in [2.75, 3.05) is 11.3 Å². The summed E-state index contributed by atoms with van der Waals surface area (Å²) < 4.78 is 27.4. The summed E-state index contributed by atoms with van der Waals surface area (Å²) in [6.07, 6.45) is 3.60. The summed E-state index contributed by atoms with van der Waals surface area (Å²) in [5.74, 6) is 0. The molecular weight excluding hydrogens is 260 g/mol. The van der Waals surface area contributed by atoms with Gasteiger partial charge in [-0.05, 0) is 31.0 Å². The van der Waals surface area contributed by atoms with Crippen LogP contribution in [0.25, 0.3) is 0 Å². The van der Waals surface area contributed by atoms with Gasteiger partial charge in [0.05, 0.1) is 10.9 Å². The number of benzene rings is 1. The molecule has 1 aliphatic carbocycles. The van der Waals surface area contributed by atoms with E-state index in [0.717, 1.165) is 37.8 Å². The Kier molecular flexibility index (Phi) is 4.82. The molecule has 0 aromatic heterocycles. The summed E-state index contributed by atoms with van der Waals surface area (Å²) in [6, 6.07) is 7.58. The fraction of sp³-hybridized carbons (Fsp3) is 0.571. The van der Waals surface area contributed by atoms with Gasteiger partial charge in [-0.25, -0.2) is 8.42 Å². The van der Waals surface area contributed by atoms with Crippen molar-refractivity contribution in [1.29, 1.82) is 0 Å². The molecular formula is C14H22N2O2S. The summed E-state index contributed by atoms with van der Waals surface area (Å²) in [6.45, 7) is 3.58. The number of hydrogen-bond acceptors (Lipinski definition) is 3. The Bertz CT molecular complexity index is 508. The molecule has 1 aromatic rings. The number of hydrogen-bond donors (Lipinski definition) is 2. The Balaban J connectivity index is 2.13. The van der Waals surface area contributed by atoms with Crippen molar-refractivity contribution in [3.8, 4) is 0 Å². The predicted molar refractivity (Wildman–Crippen MR) is 78.6 cm³/mol. The van der Waals surface area contributed by atoms with Crippen LogP contribution < -0.4 is 10.0 Å². The quantitative estimate of drug-likeness (QED) is 0.842. The average molecular weight is 282 g/mol. The van der Waals surface area contributed by atoms with Crippen LogP contribution in [0.15, 0.2) is 24.3 Å². The van der Waals surface area contributed by atoms with Crippen molar-refractivity contribution in [3.05, 3.63) is 29.8 Å². The van der Waals surface area contributed by atoms with Gasteiger partial charge in [-0.15, -0.1) is 0 Å². The van der Waals surface area contributed by atoms with Gasteiger partial charge in [0.15, 0.2) is 0 Å². The highest BCUT2D eigenvalue weighted by Gasteiger charge is 2.28. The van der Waals surface area contributed by atoms with E-state index in [2.05, 4.69) is 10.0 Å². The monoisotopic (exact) mass is 282 g/mol. The third kappa shape index (κ3) is 3.70. The molecule has 1 saturated carbocycles. The molecule has 0 spiro atoms. The Morgan fingerprint density at radius 1 is 1.21 bits per heavy atom. The van der Waals surface area contributed by atoms with E-state index in [1.54, 1.807) is 0 Å². The lowest BCUT2D eigenvalue weighted by molar-refractivity contribution is 0.585. The van der Waals surface area contributed by atoms with Crippen molar-refractivity contribution in [2.45, 2.75) is 44.4 Å². The van der Waals surface area contributed by atoms with Crippen LogP contribution in [0, 0.1) is 0 Å². The summed E-state index contributed by atoms with van der Waals surface area (Å²) in [5, 5.41) is 3.00. The number of para-hydroxylation sites is 1. The van der Waals surface area contributed by atoms with Gasteiger partial charge in [0.1, 0.15) is 0 Å². The summed E-state index contributed by atoms with van der Waals surface area (Å²) in [7, 11) is -3.24. The fourth-order valence-electron chi connectivity index (χ4n) is 2.47. The summed E-state index contributed by atoms with van der Waals surface area (Å²) in [5.41, 5.74) is 1.70. The van der Waals surface area contributed by atoms with Gasteiger partial charge in [0.25, 0.3) is 0 Å². The van der Waals surface area contributed by atoms with E-state index in [1.807, 2.05) is 31.2 Å². The first-order valence-corrected chi connectivity index (χ1v) is 8.48. The molecule has 106 valence electrons. The number of anilines is 1. The van der Waals surface area contributed by atoms with E-state index < -0.39 is 10.0 Å². The number of nitrogens with one attached hydrogen (secondary N) is 2. The first-order valence-electron chi connectivity index (χ1n) is 6.93. The smallest absolute Gasteiger partial charge is 0.235 e. The Morgan fingerprint density at radius 2 is 1.89 bits per heavy atom. The summed E-state index contributed by atoms with van der Waals surface area (Å²) in [4.78, 5) is 0. The molecule has 4 nitrogen and oxygen atoms in total. The number of rotatable bonds is 6. The molecule has 0 amide bonds. The highest BCUT2D eigenvalue weighted by molar-refractivity contribution is 7.93. The van der Waals surface area contributed by atoms with Gasteiger partial charge >= 0.3 is 0 Å². The second kappa shape index (κ2) is 6.39. The second-order valence-electron chi connectivity index (χ2n) is 4.99. The molecule has 0 unspecified atom stereocenters. The Hall–Kier alpha value is -1.07. The van der Waals surface area contributed by atoms with Crippen molar-refractivity contribution in [3.63, 3.8) is 0 Å². The maximum absolute atomic E-state index is 12.3. The first kappa shape index (κ1) is 14.3. The zero-order chi connectivity index (χ0) is 13.7. The zero-order valence-electron chi connectivity index (χ0n) is 11.4. The van der Waals surface area contributed by atoms with Crippen LogP contribution in [0.4, 0.5) is 5.69 Å². The largest absolute Gasteiger partial charge is 0.313 e. The third-order valence-corrected chi connectivity index (χ3v) is 5.43. The molecule has 1 aliphatic rings. The topological polar surface area (TPSA) is 58.2 Å². The van der Waals surface area contributed by atoms with E-state index in [1.165, 1.54) is 0 Å². The summed E-state index contributed by atoms with van der Waals surface area (Å²) >= 11 is 0. The molecule has 0 bridgehead atoms. The van der Waals surface area contributed by atoms with E-state index in [4.69, 9.17) is 0 Å². The molecule has 19 heavy (non-hydrogen) atoms. The first-order chi connectivity index (χ1) is 9.13. The normalized spacial score (nSPS) is 16.7. The van der Waals surface area contributed by atoms with Crippen LogP contribution in [0.2, 0.25) is 0 Å². The van der Waals surface area contributed by atoms with E-state index >= 15 is 0 Å². The van der Waals surface area contributed by atoms with Crippen LogP contribution in [0.5, 0.6) is 0 Å². The predicted octanol–water partition coefficient (Wildman–Crippen LogP) is 2.48. The minimum Gasteiger partial charge on any atom is -0.313 e. The van der Waals surface area contributed by atoms with E-state index in [0.29, 0.717) is 12.2 Å². The number of sulfonamides is 1. The van der Waals surface area contributed by atoms with Crippen LogP contribution in [0.1, 0.15) is 38.2 Å².